The van der Waals surface area contributed by atoms with E-state index in [1.54, 1.807) is 0 Å². The second-order valence-corrected chi connectivity index (χ2v) is 9.80. The summed E-state index contributed by atoms with van der Waals surface area (Å²) in [4.78, 5) is 12.6. The Balaban J connectivity index is 1.83. The zero-order chi connectivity index (χ0) is 19.8. The Hall–Kier alpha value is -1.04. The second-order valence-electron chi connectivity index (χ2n) is 9.80. The van der Waals surface area contributed by atoms with Crippen molar-refractivity contribution in [2.24, 2.45) is 28.6 Å². The zero-order valence-electron chi connectivity index (χ0n) is 16.4. The van der Waals surface area contributed by atoms with Crippen LogP contribution in [-0.4, -0.2) is 45.1 Å². The number of rotatable bonds is 2. The highest BCUT2D eigenvalue weighted by Crippen LogP contribution is 2.71. The van der Waals surface area contributed by atoms with Gasteiger partial charge >= 0.3 is 0 Å². The van der Waals surface area contributed by atoms with Gasteiger partial charge in [-0.2, -0.15) is 0 Å². The van der Waals surface area contributed by atoms with Crippen LogP contribution in [0.15, 0.2) is 23.8 Å². The van der Waals surface area contributed by atoms with E-state index in [2.05, 4.69) is 0 Å². The number of allylic oxidation sites excluding steroid dienone is 4. The van der Waals surface area contributed by atoms with Crippen molar-refractivity contribution in [3.8, 4) is 0 Å². The van der Waals surface area contributed by atoms with Gasteiger partial charge in [-0.3, -0.25) is 4.79 Å². The van der Waals surface area contributed by atoms with Gasteiger partial charge < -0.3 is 15.3 Å². The lowest BCUT2D eigenvalue weighted by Gasteiger charge is -2.63. The zero-order valence-corrected chi connectivity index (χ0v) is 16.4. The molecule has 3 saturated carbocycles. The van der Waals surface area contributed by atoms with Crippen LogP contribution >= 0.6 is 0 Å². The van der Waals surface area contributed by atoms with Crippen molar-refractivity contribution in [2.45, 2.75) is 70.2 Å². The third kappa shape index (κ3) is 2.01. The van der Waals surface area contributed by atoms with E-state index in [0.29, 0.717) is 19.3 Å². The van der Waals surface area contributed by atoms with Crippen molar-refractivity contribution in [3.63, 3.8) is 0 Å². The van der Waals surface area contributed by atoms with Gasteiger partial charge in [-0.05, 0) is 43.9 Å². The number of hydrogen-bond acceptors (Lipinski definition) is 4. The van der Waals surface area contributed by atoms with Crippen LogP contribution in [0.5, 0.6) is 0 Å². The molecule has 0 radical (unpaired) electrons. The number of carbonyl (C=O) groups is 1. The Kier molecular flexibility index (Phi) is 4.10. The largest absolute Gasteiger partial charge is 0.390 e. The number of halogens is 1. The maximum atomic E-state index is 16.9. The molecule has 0 saturated heterocycles. The number of ketones is 1. The van der Waals surface area contributed by atoms with Crippen LogP contribution in [-0.2, 0) is 4.79 Å². The first-order valence-corrected chi connectivity index (χ1v) is 10.2. The number of aliphatic hydroxyl groups is 3. The fourth-order valence-corrected chi connectivity index (χ4v) is 7.44. The SMILES string of the molecule is C[C@@H]1C[C@H]2[C@@H]3CCC4=CC=CC[C@]4(C)[C@@]3(F)[C@@H](O)C[C@]2(C)[C@@]1(O)C(=O)CO. The molecule has 27 heavy (non-hydrogen) atoms. The summed E-state index contributed by atoms with van der Waals surface area (Å²) in [5, 5.41) is 32.0. The molecule has 4 aliphatic carbocycles. The number of Topliss-reactive ketones (excluding diaryl/α,β-unsaturated/α-hetero) is 1. The highest BCUT2D eigenvalue weighted by Gasteiger charge is 2.75. The number of fused-ring (bicyclic) bond motifs is 5. The van der Waals surface area contributed by atoms with Crippen LogP contribution < -0.4 is 0 Å². The van der Waals surface area contributed by atoms with Crippen LogP contribution in [0.3, 0.4) is 0 Å². The summed E-state index contributed by atoms with van der Waals surface area (Å²) in [6, 6.07) is 0. The Morgan fingerprint density at radius 3 is 2.70 bits per heavy atom. The lowest BCUT2D eigenvalue weighted by Crippen LogP contribution is -2.69. The molecule has 8 atom stereocenters. The first kappa shape index (κ1) is 19.3. The quantitative estimate of drug-likeness (QED) is 0.690. The van der Waals surface area contributed by atoms with Crippen molar-refractivity contribution < 1.29 is 24.5 Å². The number of hydrogen-bond donors (Lipinski definition) is 3. The van der Waals surface area contributed by atoms with Crippen molar-refractivity contribution in [2.75, 3.05) is 6.61 Å². The third-order valence-corrected chi connectivity index (χ3v) is 8.94. The topological polar surface area (TPSA) is 77.8 Å². The van der Waals surface area contributed by atoms with Crippen LogP contribution in [0.25, 0.3) is 0 Å². The summed E-state index contributed by atoms with van der Waals surface area (Å²) < 4.78 is 16.9. The summed E-state index contributed by atoms with van der Waals surface area (Å²) in [7, 11) is 0. The molecule has 5 heteroatoms. The summed E-state index contributed by atoms with van der Waals surface area (Å²) in [5.74, 6) is -1.60. The van der Waals surface area contributed by atoms with Gasteiger partial charge in [0.1, 0.15) is 17.9 Å². The smallest absolute Gasteiger partial charge is 0.190 e. The molecule has 4 aliphatic rings. The average Bonchev–Trinajstić information content (AvgIpc) is 2.83. The lowest BCUT2D eigenvalue weighted by atomic mass is 9.44. The van der Waals surface area contributed by atoms with E-state index < -0.39 is 46.5 Å². The molecular weight excluding hydrogens is 347 g/mol. The first-order chi connectivity index (χ1) is 12.6. The van der Waals surface area contributed by atoms with Crippen LogP contribution in [0, 0.1) is 28.6 Å². The van der Waals surface area contributed by atoms with Gasteiger partial charge in [0.2, 0.25) is 0 Å². The van der Waals surface area contributed by atoms with Gasteiger partial charge in [-0.25, -0.2) is 4.39 Å². The van der Waals surface area contributed by atoms with E-state index in [1.807, 2.05) is 39.0 Å². The number of alkyl halides is 1. The minimum Gasteiger partial charge on any atom is -0.390 e. The molecule has 0 aromatic carbocycles. The van der Waals surface area contributed by atoms with E-state index in [0.717, 1.165) is 12.0 Å². The minimum atomic E-state index is -1.78. The van der Waals surface area contributed by atoms with Gasteiger partial charge in [-0.1, -0.05) is 44.6 Å². The van der Waals surface area contributed by atoms with Crippen molar-refractivity contribution in [3.05, 3.63) is 23.8 Å². The highest BCUT2D eigenvalue weighted by atomic mass is 19.1. The van der Waals surface area contributed by atoms with Crippen molar-refractivity contribution >= 4 is 5.78 Å². The molecule has 0 aliphatic heterocycles. The fraction of sp³-hybridized carbons (Fsp3) is 0.773. The van der Waals surface area contributed by atoms with E-state index in [-0.39, 0.29) is 18.3 Å². The average molecular weight is 378 g/mol. The lowest BCUT2D eigenvalue weighted by molar-refractivity contribution is -0.226. The van der Waals surface area contributed by atoms with Crippen molar-refractivity contribution in [1.82, 2.24) is 0 Å². The van der Waals surface area contributed by atoms with E-state index >= 15 is 4.39 Å². The summed E-state index contributed by atoms with van der Waals surface area (Å²) >= 11 is 0. The highest BCUT2D eigenvalue weighted by molar-refractivity contribution is 5.90. The maximum absolute atomic E-state index is 16.9. The molecule has 3 N–H and O–H groups in total. The van der Waals surface area contributed by atoms with Crippen LogP contribution in [0.4, 0.5) is 4.39 Å². The Bertz CT molecular complexity index is 732. The molecule has 0 aromatic heterocycles. The first-order valence-electron chi connectivity index (χ1n) is 10.2. The molecule has 4 rings (SSSR count). The fourth-order valence-electron chi connectivity index (χ4n) is 7.44. The monoisotopic (exact) mass is 378 g/mol. The molecule has 0 amide bonds. The molecule has 3 fully saturated rings. The molecule has 0 unspecified atom stereocenters. The Morgan fingerprint density at radius 1 is 1.33 bits per heavy atom. The summed E-state index contributed by atoms with van der Waals surface area (Å²) in [6.07, 6.45) is 7.18. The molecule has 0 bridgehead atoms. The molecule has 4 nitrogen and oxygen atoms in total. The normalized spacial score (nSPS) is 54.0. The maximum Gasteiger partial charge on any atom is 0.190 e. The van der Waals surface area contributed by atoms with E-state index in [9.17, 15) is 20.1 Å². The molecule has 0 heterocycles. The number of carbonyl (C=O) groups excluding carboxylic acids is 1. The number of aliphatic hydroxyl groups excluding tert-OH is 2. The predicted octanol–water partition coefficient (Wildman–Crippen LogP) is 2.72. The van der Waals surface area contributed by atoms with Crippen molar-refractivity contribution in [1.29, 1.82) is 0 Å². The van der Waals surface area contributed by atoms with Gasteiger partial charge in [0, 0.05) is 16.7 Å². The van der Waals surface area contributed by atoms with Gasteiger partial charge in [-0.15, -0.1) is 0 Å². The summed E-state index contributed by atoms with van der Waals surface area (Å²) in [6.45, 7) is 4.80. The minimum absolute atomic E-state index is 0.0316. The van der Waals surface area contributed by atoms with E-state index in [1.165, 1.54) is 0 Å². The second kappa shape index (κ2) is 5.74. The molecule has 0 spiro atoms. The standard InChI is InChI=1S/C22H31FO4/c1-13-10-16-15-8-7-14-6-4-5-9-19(14,2)21(15,23)17(25)11-20(16,3)22(13,27)18(26)12-24/h4-6,13,15-17,24-25,27H,7-12H2,1-3H3/t13-,15+,16+,17+,19+,20+,21+,22+/m1/s1. The molecular formula is C22H31FO4. The molecule has 0 aromatic rings. The van der Waals surface area contributed by atoms with Crippen LogP contribution in [0.1, 0.15) is 52.9 Å². The predicted molar refractivity (Wildman–Crippen MR) is 99.6 cm³/mol. The third-order valence-electron chi connectivity index (χ3n) is 8.94. The summed E-state index contributed by atoms with van der Waals surface area (Å²) in [5.41, 5.74) is -4.14. The Labute approximate surface area is 160 Å². The van der Waals surface area contributed by atoms with Gasteiger partial charge in [0.05, 0.1) is 6.10 Å². The van der Waals surface area contributed by atoms with E-state index in [4.69, 9.17) is 0 Å². The molecule has 150 valence electrons. The van der Waals surface area contributed by atoms with Gasteiger partial charge in [0.25, 0.3) is 0 Å². The van der Waals surface area contributed by atoms with Gasteiger partial charge in [0.15, 0.2) is 5.78 Å². The Morgan fingerprint density at radius 2 is 2.04 bits per heavy atom. The van der Waals surface area contributed by atoms with Crippen LogP contribution in [0.2, 0.25) is 0 Å².